The van der Waals surface area contributed by atoms with E-state index in [1.807, 2.05) is 0 Å². The maximum atomic E-state index is 13.3. The summed E-state index contributed by atoms with van der Waals surface area (Å²) in [7, 11) is 0. The van der Waals surface area contributed by atoms with Crippen LogP contribution in [-0.4, -0.2) is 11.5 Å². The van der Waals surface area contributed by atoms with Crippen molar-refractivity contribution in [2.24, 2.45) is 0 Å². The Kier molecular flexibility index (Phi) is 7.30. The Bertz CT molecular complexity index is 455. The molecular formula is C14H20ClFN2O2. The van der Waals surface area contributed by atoms with E-state index in [-0.39, 0.29) is 16.4 Å². The summed E-state index contributed by atoms with van der Waals surface area (Å²) in [5.74, 6) is -0.650. The summed E-state index contributed by atoms with van der Waals surface area (Å²) in [4.78, 5) is 10.3. The van der Waals surface area contributed by atoms with Crippen molar-refractivity contribution >= 4 is 23.0 Å². The van der Waals surface area contributed by atoms with Gasteiger partial charge < -0.3 is 5.32 Å². The van der Waals surface area contributed by atoms with Crippen molar-refractivity contribution in [1.29, 1.82) is 0 Å². The molecule has 6 heteroatoms. The Morgan fingerprint density at radius 1 is 1.25 bits per heavy atom. The van der Waals surface area contributed by atoms with E-state index in [1.54, 1.807) is 0 Å². The van der Waals surface area contributed by atoms with Gasteiger partial charge in [-0.1, -0.05) is 50.6 Å². The molecule has 0 aliphatic carbocycles. The summed E-state index contributed by atoms with van der Waals surface area (Å²) in [5.41, 5.74) is -0.00663. The molecule has 0 aliphatic heterocycles. The van der Waals surface area contributed by atoms with Crippen LogP contribution in [0.3, 0.4) is 0 Å². The molecule has 0 spiro atoms. The predicted molar refractivity (Wildman–Crippen MR) is 79.9 cm³/mol. The fourth-order valence-corrected chi connectivity index (χ4v) is 2.12. The second kappa shape index (κ2) is 8.74. The summed E-state index contributed by atoms with van der Waals surface area (Å²) in [6, 6.07) is 2.12. The lowest BCUT2D eigenvalue weighted by Gasteiger charge is -2.08. The smallest absolute Gasteiger partial charge is 0.294 e. The average Bonchev–Trinajstić information content (AvgIpc) is 2.41. The number of hydrogen-bond donors (Lipinski definition) is 1. The number of hydrogen-bond acceptors (Lipinski definition) is 3. The van der Waals surface area contributed by atoms with Crippen LogP contribution in [-0.2, 0) is 0 Å². The molecule has 4 nitrogen and oxygen atoms in total. The molecule has 0 aromatic heterocycles. The summed E-state index contributed by atoms with van der Waals surface area (Å²) in [6.45, 7) is 2.75. The molecule has 0 heterocycles. The van der Waals surface area contributed by atoms with E-state index in [9.17, 15) is 14.5 Å². The zero-order chi connectivity index (χ0) is 15.0. The van der Waals surface area contributed by atoms with E-state index in [2.05, 4.69) is 12.2 Å². The molecule has 1 N–H and O–H groups in total. The van der Waals surface area contributed by atoms with Gasteiger partial charge in [0.2, 0.25) is 0 Å². The Balaban J connectivity index is 2.47. The van der Waals surface area contributed by atoms with Crippen LogP contribution in [0.5, 0.6) is 0 Å². The van der Waals surface area contributed by atoms with E-state index in [1.165, 1.54) is 19.3 Å². The first-order valence-electron chi connectivity index (χ1n) is 6.93. The van der Waals surface area contributed by atoms with Gasteiger partial charge in [0.25, 0.3) is 5.69 Å². The molecule has 1 rings (SSSR count). The van der Waals surface area contributed by atoms with Crippen LogP contribution in [0.15, 0.2) is 12.1 Å². The number of nitrogens with one attached hydrogen (secondary N) is 1. The lowest BCUT2D eigenvalue weighted by molar-refractivity contribution is -0.384. The van der Waals surface area contributed by atoms with Gasteiger partial charge in [-0.25, -0.2) is 4.39 Å². The number of anilines is 1. The number of rotatable bonds is 9. The second-order valence-corrected chi connectivity index (χ2v) is 5.14. The van der Waals surface area contributed by atoms with Gasteiger partial charge in [0.1, 0.15) is 11.5 Å². The first-order valence-corrected chi connectivity index (χ1v) is 7.31. The zero-order valence-electron chi connectivity index (χ0n) is 11.6. The summed E-state index contributed by atoms with van der Waals surface area (Å²) in [5, 5.41) is 13.6. The number of nitro groups is 1. The van der Waals surface area contributed by atoms with Crippen molar-refractivity contribution < 1.29 is 9.31 Å². The van der Waals surface area contributed by atoms with Gasteiger partial charge in [0.15, 0.2) is 0 Å². The minimum atomic E-state index is -0.650. The Labute approximate surface area is 123 Å². The lowest BCUT2D eigenvalue weighted by Crippen LogP contribution is -2.05. The van der Waals surface area contributed by atoms with Crippen molar-refractivity contribution in [3.63, 3.8) is 0 Å². The van der Waals surface area contributed by atoms with Crippen molar-refractivity contribution in [3.8, 4) is 0 Å². The van der Waals surface area contributed by atoms with Crippen LogP contribution < -0.4 is 5.32 Å². The molecule has 0 bridgehead atoms. The van der Waals surface area contributed by atoms with Gasteiger partial charge in [-0.05, 0) is 6.42 Å². The largest absolute Gasteiger partial charge is 0.379 e. The topological polar surface area (TPSA) is 55.2 Å². The molecule has 1 aromatic rings. The molecule has 20 heavy (non-hydrogen) atoms. The first-order chi connectivity index (χ1) is 9.56. The highest BCUT2D eigenvalue weighted by Crippen LogP contribution is 2.30. The summed E-state index contributed by atoms with van der Waals surface area (Å²) in [6.07, 6.45) is 6.79. The van der Waals surface area contributed by atoms with Crippen LogP contribution in [0.1, 0.15) is 45.4 Å². The predicted octanol–water partition coefficient (Wildman–Crippen LogP) is 5.16. The number of halogens is 2. The zero-order valence-corrected chi connectivity index (χ0v) is 12.4. The van der Waals surface area contributed by atoms with Crippen LogP contribution >= 0.6 is 11.6 Å². The molecule has 0 saturated heterocycles. The Hall–Kier alpha value is -1.36. The number of benzene rings is 1. The second-order valence-electron chi connectivity index (χ2n) is 4.74. The number of nitro benzene ring substituents is 1. The third kappa shape index (κ3) is 5.33. The fraction of sp³-hybridized carbons (Fsp3) is 0.571. The molecule has 112 valence electrons. The highest BCUT2D eigenvalue weighted by atomic mass is 35.5. The highest BCUT2D eigenvalue weighted by molar-refractivity contribution is 6.31. The first kappa shape index (κ1) is 16.7. The van der Waals surface area contributed by atoms with Gasteiger partial charge in [-0.3, -0.25) is 10.1 Å². The van der Waals surface area contributed by atoms with Gasteiger partial charge >= 0.3 is 0 Å². The molecule has 0 amide bonds. The van der Waals surface area contributed by atoms with Crippen LogP contribution in [0.25, 0.3) is 0 Å². The van der Waals surface area contributed by atoms with Crippen molar-refractivity contribution in [3.05, 3.63) is 33.1 Å². The van der Waals surface area contributed by atoms with Crippen LogP contribution in [0.4, 0.5) is 15.8 Å². The minimum absolute atomic E-state index is 0.186. The van der Waals surface area contributed by atoms with Crippen molar-refractivity contribution in [1.82, 2.24) is 0 Å². The van der Waals surface area contributed by atoms with E-state index in [0.717, 1.165) is 31.4 Å². The van der Waals surface area contributed by atoms with Gasteiger partial charge in [0, 0.05) is 18.7 Å². The molecule has 0 atom stereocenters. The maximum Gasteiger partial charge on any atom is 0.294 e. The fourth-order valence-electron chi connectivity index (χ4n) is 1.96. The molecule has 0 radical (unpaired) electrons. The van der Waals surface area contributed by atoms with E-state index in [0.29, 0.717) is 6.54 Å². The summed E-state index contributed by atoms with van der Waals surface area (Å²) < 4.78 is 13.3. The standard InChI is InChI=1S/C14H20ClFN2O2/c1-2-3-4-5-6-7-8-17-13-10-12(16)11(15)9-14(13)18(19)20/h9-10,17H,2-8H2,1H3. The lowest BCUT2D eigenvalue weighted by atomic mass is 10.1. The molecule has 0 fully saturated rings. The Morgan fingerprint density at radius 2 is 1.90 bits per heavy atom. The van der Waals surface area contributed by atoms with Crippen molar-refractivity contribution in [2.75, 3.05) is 11.9 Å². The number of nitrogens with zero attached hydrogens (tertiary/aromatic N) is 1. The normalized spacial score (nSPS) is 10.6. The van der Waals surface area contributed by atoms with Gasteiger partial charge in [0.05, 0.1) is 9.95 Å². The van der Waals surface area contributed by atoms with Crippen LogP contribution in [0.2, 0.25) is 5.02 Å². The molecule has 0 saturated carbocycles. The quantitative estimate of drug-likeness (QED) is 0.389. The minimum Gasteiger partial charge on any atom is -0.379 e. The Morgan fingerprint density at radius 3 is 2.55 bits per heavy atom. The SMILES string of the molecule is CCCCCCCCNc1cc(F)c(Cl)cc1[N+](=O)[O-]. The van der Waals surface area contributed by atoms with Crippen LogP contribution in [0, 0.1) is 15.9 Å². The monoisotopic (exact) mass is 302 g/mol. The molecular weight excluding hydrogens is 283 g/mol. The van der Waals surface area contributed by atoms with E-state index >= 15 is 0 Å². The highest BCUT2D eigenvalue weighted by Gasteiger charge is 2.17. The van der Waals surface area contributed by atoms with Crippen molar-refractivity contribution in [2.45, 2.75) is 45.4 Å². The van der Waals surface area contributed by atoms with Gasteiger partial charge in [-0.2, -0.15) is 0 Å². The third-order valence-electron chi connectivity index (χ3n) is 3.08. The molecule has 0 aliphatic rings. The third-order valence-corrected chi connectivity index (χ3v) is 3.37. The maximum absolute atomic E-state index is 13.3. The van der Waals surface area contributed by atoms with E-state index < -0.39 is 10.7 Å². The van der Waals surface area contributed by atoms with Gasteiger partial charge in [-0.15, -0.1) is 0 Å². The molecule has 1 aromatic carbocycles. The number of unbranched alkanes of at least 4 members (excludes halogenated alkanes) is 5. The molecule has 0 unspecified atom stereocenters. The summed E-state index contributed by atoms with van der Waals surface area (Å²) >= 11 is 5.55. The average molecular weight is 303 g/mol. The van der Waals surface area contributed by atoms with E-state index in [4.69, 9.17) is 11.6 Å².